The Bertz CT molecular complexity index is 517. The fourth-order valence-corrected chi connectivity index (χ4v) is 2.48. The first kappa shape index (κ1) is 14.8. The zero-order valence-corrected chi connectivity index (χ0v) is 12.2. The quantitative estimate of drug-likeness (QED) is 0.899. The Morgan fingerprint density at radius 3 is 2.70 bits per heavy atom. The number of aliphatic hydroxyl groups excluding tert-OH is 1. The van der Waals surface area contributed by atoms with Crippen LogP contribution in [-0.4, -0.2) is 42.6 Å². The highest BCUT2D eigenvalue weighted by Gasteiger charge is 2.23. The van der Waals surface area contributed by atoms with Crippen molar-refractivity contribution >= 4 is 11.6 Å². The lowest BCUT2D eigenvalue weighted by molar-refractivity contribution is -0.127. The summed E-state index contributed by atoms with van der Waals surface area (Å²) in [6.07, 6.45) is 0.0916. The second-order valence-electron chi connectivity index (χ2n) is 5.43. The zero-order chi connectivity index (χ0) is 14.9. The van der Waals surface area contributed by atoms with Gasteiger partial charge in [0.15, 0.2) is 0 Å². The molecule has 5 heteroatoms. The van der Waals surface area contributed by atoms with E-state index in [-0.39, 0.29) is 18.3 Å². The highest BCUT2D eigenvalue weighted by atomic mass is 19.1. The van der Waals surface area contributed by atoms with Crippen LogP contribution >= 0.6 is 0 Å². The molecule has 1 aliphatic heterocycles. The molecular formula is C15H21FN2O2. The van der Waals surface area contributed by atoms with Crippen molar-refractivity contribution in [2.24, 2.45) is 0 Å². The number of carbonyl (C=O) groups excluding carboxylic acids is 1. The highest BCUT2D eigenvalue weighted by molar-refractivity contribution is 5.82. The normalized spacial score (nSPS) is 18.1. The van der Waals surface area contributed by atoms with E-state index in [1.54, 1.807) is 31.9 Å². The maximum atomic E-state index is 13.7. The Morgan fingerprint density at radius 2 is 2.05 bits per heavy atom. The number of nitrogens with zero attached hydrogens (tertiary/aromatic N) is 2. The number of anilines is 1. The lowest BCUT2D eigenvalue weighted by atomic mass is 10.0. The molecule has 1 heterocycles. The van der Waals surface area contributed by atoms with E-state index in [4.69, 9.17) is 0 Å². The van der Waals surface area contributed by atoms with Gasteiger partial charge in [-0.15, -0.1) is 0 Å². The van der Waals surface area contributed by atoms with Gasteiger partial charge in [0.25, 0.3) is 0 Å². The maximum absolute atomic E-state index is 13.7. The van der Waals surface area contributed by atoms with Crippen molar-refractivity contribution < 1.29 is 14.3 Å². The van der Waals surface area contributed by atoms with E-state index in [1.165, 1.54) is 6.07 Å². The smallest absolute Gasteiger partial charge is 0.241 e. The van der Waals surface area contributed by atoms with Crippen LogP contribution in [0.25, 0.3) is 0 Å². The molecule has 20 heavy (non-hydrogen) atoms. The molecule has 1 N–H and O–H groups in total. The average molecular weight is 280 g/mol. The molecule has 1 aromatic carbocycles. The third-order valence-electron chi connectivity index (χ3n) is 3.77. The molecule has 0 bridgehead atoms. The van der Waals surface area contributed by atoms with Crippen molar-refractivity contribution in [3.63, 3.8) is 0 Å². The molecule has 0 aromatic heterocycles. The summed E-state index contributed by atoms with van der Waals surface area (Å²) in [5.74, 6) is -0.288. The molecule has 1 aromatic rings. The van der Waals surface area contributed by atoms with Crippen LogP contribution in [0.2, 0.25) is 0 Å². The number of rotatable bonds is 2. The number of aliphatic hydroxyl groups is 1. The van der Waals surface area contributed by atoms with E-state index < -0.39 is 6.10 Å². The molecule has 2 rings (SSSR count). The summed E-state index contributed by atoms with van der Waals surface area (Å²) in [6.45, 7) is 5.01. The lowest BCUT2D eigenvalue weighted by Crippen LogP contribution is -2.35. The van der Waals surface area contributed by atoms with Crippen molar-refractivity contribution in [1.82, 2.24) is 4.90 Å². The van der Waals surface area contributed by atoms with E-state index in [1.807, 2.05) is 4.90 Å². The number of likely N-dealkylation sites (N-methyl/N-ethyl adjacent to an activating group) is 1. The minimum Gasteiger partial charge on any atom is -0.389 e. The lowest BCUT2D eigenvalue weighted by Gasteiger charge is -2.26. The highest BCUT2D eigenvalue weighted by Crippen LogP contribution is 2.30. The molecule has 1 saturated heterocycles. The van der Waals surface area contributed by atoms with E-state index in [2.05, 4.69) is 0 Å². The van der Waals surface area contributed by atoms with Gasteiger partial charge in [0.2, 0.25) is 5.91 Å². The molecular weight excluding hydrogens is 259 g/mol. The number of hydrogen-bond acceptors (Lipinski definition) is 3. The van der Waals surface area contributed by atoms with E-state index in [0.29, 0.717) is 11.1 Å². The second-order valence-corrected chi connectivity index (χ2v) is 5.43. The largest absolute Gasteiger partial charge is 0.389 e. The Labute approximate surface area is 118 Å². The standard InChI is InChI=1S/C15H21FN2O2/c1-10-7-14(12(11(2)19)8-13(10)16)18-6-4-5-17(3)15(20)9-18/h7-8,11,19H,4-6,9H2,1-3H3. The van der Waals surface area contributed by atoms with Crippen LogP contribution in [0.15, 0.2) is 12.1 Å². The van der Waals surface area contributed by atoms with Gasteiger partial charge in [0.1, 0.15) is 5.82 Å². The van der Waals surface area contributed by atoms with Gasteiger partial charge in [0.05, 0.1) is 12.6 Å². The molecule has 1 amide bonds. The molecule has 1 unspecified atom stereocenters. The Hall–Kier alpha value is -1.62. The van der Waals surface area contributed by atoms with Crippen molar-refractivity contribution in [3.8, 4) is 0 Å². The monoisotopic (exact) mass is 280 g/mol. The fraction of sp³-hybridized carbons (Fsp3) is 0.533. The van der Waals surface area contributed by atoms with Crippen LogP contribution in [0.1, 0.15) is 30.6 Å². The summed E-state index contributed by atoms with van der Waals surface area (Å²) in [4.78, 5) is 15.6. The minimum absolute atomic E-state index is 0.0426. The molecule has 1 aliphatic rings. The van der Waals surface area contributed by atoms with Gasteiger partial charge >= 0.3 is 0 Å². The van der Waals surface area contributed by atoms with Gasteiger partial charge in [-0.3, -0.25) is 4.79 Å². The van der Waals surface area contributed by atoms with Crippen molar-refractivity contribution in [2.75, 3.05) is 31.6 Å². The molecule has 0 aliphatic carbocycles. The van der Waals surface area contributed by atoms with E-state index in [9.17, 15) is 14.3 Å². The van der Waals surface area contributed by atoms with Crippen LogP contribution in [0.4, 0.5) is 10.1 Å². The van der Waals surface area contributed by atoms with Crippen molar-refractivity contribution in [1.29, 1.82) is 0 Å². The SMILES string of the molecule is Cc1cc(N2CCCN(C)C(=O)C2)c(C(C)O)cc1F. The summed E-state index contributed by atoms with van der Waals surface area (Å²) in [5.41, 5.74) is 1.81. The van der Waals surface area contributed by atoms with E-state index in [0.717, 1.165) is 25.2 Å². The van der Waals surface area contributed by atoms with E-state index >= 15 is 0 Å². The number of benzene rings is 1. The summed E-state index contributed by atoms with van der Waals surface area (Å²) >= 11 is 0. The van der Waals surface area contributed by atoms with Crippen LogP contribution in [-0.2, 0) is 4.79 Å². The molecule has 4 nitrogen and oxygen atoms in total. The molecule has 0 spiro atoms. The molecule has 0 radical (unpaired) electrons. The zero-order valence-electron chi connectivity index (χ0n) is 12.2. The summed E-state index contributed by atoms with van der Waals surface area (Å²) in [7, 11) is 1.79. The summed E-state index contributed by atoms with van der Waals surface area (Å²) < 4.78 is 13.7. The molecule has 110 valence electrons. The first-order valence-electron chi connectivity index (χ1n) is 6.87. The summed E-state index contributed by atoms with van der Waals surface area (Å²) in [6, 6.07) is 3.09. The van der Waals surface area contributed by atoms with Gasteiger partial charge in [-0.2, -0.15) is 0 Å². The Kier molecular flexibility index (Phi) is 4.28. The Balaban J connectivity index is 2.40. The first-order valence-corrected chi connectivity index (χ1v) is 6.87. The number of aryl methyl sites for hydroxylation is 1. The van der Waals surface area contributed by atoms with Crippen LogP contribution in [0.5, 0.6) is 0 Å². The van der Waals surface area contributed by atoms with Crippen molar-refractivity contribution in [3.05, 3.63) is 29.1 Å². The molecule has 0 saturated carbocycles. The van der Waals surface area contributed by atoms with Gasteiger partial charge in [-0.05, 0) is 38.0 Å². The number of carbonyl (C=O) groups is 1. The predicted molar refractivity (Wildman–Crippen MR) is 76.2 cm³/mol. The first-order chi connectivity index (χ1) is 9.40. The average Bonchev–Trinajstić information content (AvgIpc) is 2.54. The molecule has 1 fully saturated rings. The van der Waals surface area contributed by atoms with Crippen molar-refractivity contribution in [2.45, 2.75) is 26.4 Å². The third-order valence-corrected chi connectivity index (χ3v) is 3.77. The Morgan fingerprint density at radius 1 is 1.35 bits per heavy atom. The molecule has 1 atom stereocenters. The number of amides is 1. The maximum Gasteiger partial charge on any atom is 0.241 e. The number of hydrogen-bond donors (Lipinski definition) is 1. The van der Waals surface area contributed by atoms with Crippen LogP contribution in [0.3, 0.4) is 0 Å². The van der Waals surface area contributed by atoms with Gasteiger partial charge in [0, 0.05) is 31.4 Å². The fourth-order valence-electron chi connectivity index (χ4n) is 2.48. The second kappa shape index (κ2) is 5.79. The van der Waals surface area contributed by atoms with Crippen LogP contribution in [0, 0.1) is 12.7 Å². The van der Waals surface area contributed by atoms with Gasteiger partial charge < -0.3 is 14.9 Å². The third kappa shape index (κ3) is 2.93. The number of halogens is 1. The van der Waals surface area contributed by atoms with Crippen LogP contribution < -0.4 is 4.90 Å². The summed E-state index contributed by atoms with van der Waals surface area (Å²) in [5, 5.41) is 9.85. The van der Waals surface area contributed by atoms with Gasteiger partial charge in [-0.1, -0.05) is 0 Å². The topological polar surface area (TPSA) is 43.8 Å². The predicted octanol–water partition coefficient (Wildman–Crippen LogP) is 1.86. The van der Waals surface area contributed by atoms with Gasteiger partial charge in [-0.25, -0.2) is 4.39 Å². The minimum atomic E-state index is -0.767.